The first-order valence-corrected chi connectivity index (χ1v) is 7.27. The molecule has 2 aliphatic heterocycles. The van der Waals surface area contributed by atoms with Crippen LogP contribution in [-0.2, 0) is 19.0 Å². The fraction of sp³-hybridized carbons (Fsp3) is 0.857. The van der Waals surface area contributed by atoms with Crippen LogP contribution < -0.4 is 5.32 Å². The third-order valence-corrected chi connectivity index (χ3v) is 3.42. The Hall–Kier alpha value is -1.34. The van der Waals surface area contributed by atoms with Crippen molar-refractivity contribution in [2.24, 2.45) is 0 Å². The summed E-state index contributed by atoms with van der Waals surface area (Å²) in [5.74, 6) is -0.793. The second-order valence-corrected chi connectivity index (χ2v) is 6.49. The molecule has 0 unspecified atom stereocenters. The molecule has 0 aromatic carbocycles. The lowest BCUT2D eigenvalue weighted by atomic mass is 10.2. The highest BCUT2D eigenvalue weighted by atomic mass is 16.7. The van der Waals surface area contributed by atoms with Crippen molar-refractivity contribution >= 4 is 12.0 Å². The number of hydrogen-bond donors (Lipinski definition) is 1. The molecule has 2 rings (SSSR count). The maximum atomic E-state index is 12.3. The van der Waals surface area contributed by atoms with Crippen LogP contribution in [0.2, 0.25) is 0 Å². The van der Waals surface area contributed by atoms with E-state index in [9.17, 15) is 9.59 Å². The zero-order chi connectivity index (χ0) is 15.7. The Morgan fingerprint density at radius 3 is 2.48 bits per heavy atom. The fourth-order valence-electron chi connectivity index (χ4n) is 2.49. The minimum atomic E-state index is -0.642. The summed E-state index contributed by atoms with van der Waals surface area (Å²) in [5.41, 5.74) is -0.587. The second-order valence-electron chi connectivity index (χ2n) is 6.49. The van der Waals surface area contributed by atoms with Crippen molar-refractivity contribution in [1.82, 2.24) is 10.2 Å². The van der Waals surface area contributed by atoms with Gasteiger partial charge in [0.05, 0.1) is 19.8 Å². The van der Waals surface area contributed by atoms with Crippen LogP contribution >= 0.6 is 0 Å². The zero-order valence-electron chi connectivity index (χ0n) is 13.1. The SMILES string of the molecule is C[C@@H](NC(=O)OC(C)(C)C)C(=O)N1CCC2(C1)OCCO2. The van der Waals surface area contributed by atoms with E-state index in [4.69, 9.17) is 14.2 Å². The first kappa shape index (κ1) is 16.0. The molecule has 1 spiro atoms. The maximum absolute atomic E-state index is 12.3. The van der Waals surface area contributed by atoms with Crippen LogP contribution in [0.3, 0.4) is 0 Å². The Bertz CT molecular complexity index is 412. The molecule has 2 saturated heterocycles. The molecule has 2 amide bonds. The van der Waals surface area contributed by atoms with Gasteiger partial charge in [0.1, 0.15) is 11.6 Å². The number of nitrogens with zero attached hydrogens (tertiary/aromatic N) is 1. The van der Waals surface area contributed by atoms with Crippen molar-refractivity contribution in [1.29, 1.82) is 0 Å². The minimum absolute atomic E-state index is 0.156. The number of alkyl carbamates (subject to hydrolysis) is 1. The Labute approximate surface area is 124 Å². The molecule has 0 aromatic rings. The molecule has 120 valence electrons. The molecule has 1 N–H and O–H groups in total. The predicted molar refractivity (Wildman–Crippen MR) is 74.7 cm³/mol. The molecule has 2 aliphatic rings. The van der Waals surface area contributed by atoms with Gasteiger partial charge >= 0.3 is 6.09 Å². The standard InChI is InChI=1S/C14H24N2O5/c1-10(15-12(18)21-13(2,3)4)11(17)16-6-5-14(9-16)19-7-8-20-14/h10H,5-9H2,1-4H3,(H,15,18)/t10-/m1/s1. The average molecular weight is 300 g/mol. The van der Waals surface area contributed by atoms with E-state index < -0.39 is 23.5 Å². The summed E-state index contributed by atoms with van der Waals surface area (Å²) in [4.78, 5) is 25.7. The van der Waals surface area contributed by atoms with E-state index in [-0.39, 0.29) is 5.91 Å². The first-order valence-electron chi connectivity index (χ1n) is 7.27. The monoisotopic (exact) mass is 300 g/mol. The quantitative estimate of drug-likeness (QED) is 0.819. The molecule has 21 heavy (non-hydrogen) atoms. The number of carbonyl (C=O) groups is 2. The van der Waals surface area contributed by atoms with Gasteiger partial charge in [-0.05, 0) is 27.7 Å². The van der Waals surface area contributed by atoms with E-state index in [1.165, 1.54) is 0 Å². The molecule has 1 atom stereocenters. The first-order chi connectivity index (χ1) is 9.71. The highest BCUT2D eigenvalue weighted by molar-refractivity contribution is 5.85. The van der Waals surface area contributed by atoms with E-state index in [0.717, 1.165) is 0 Å². The Kier molecular flexibility index (Phi) is 4.43. The largest absolute Gasteiger partial charge is 0.444 e. The summed E-state index contributed by atoms with van der Waals surface area (Å²) >= 11 is 0. The van der Waals surface area contributed by atoms with Crippen molar-refractivity contribution in [3.05, 3.63) is 0 Å². The van der Waals surface area contributed by atoms with Crippen LogP contribution in [0.1, 0.15) is 34.1 Å². The number of amides is 2. The van der Waals surface area contributed by atoms with Gasteiger partial charge in [0.25, 0.3) is 0 Å². The van der Waals surface area contributed by atoms with Gasteiger partial charge in [-0.2, -0.15) is 0 Å². The average Bonchev–Trinajstić information content (AvgIpc) is 2.97. The highest BCUT2D eigenvalue weighted by Gasteiger charge is 2.45. The Morgan fingerprint density at radius 2 is 1.90 bits per heavy atom. The third-order valence-electron chi connectivity index (χ3n) is 3.42. The van der Waals surface area contributed by atoms with E-state index in [2.05, 4.69) is 5.32 Å². The maximum Gasteiger partial charge on any atom is 0.408 e. The third kappa shape index (κ3) is 4.07. The van der Waals surface area contributed by atoms with Crippen LogP contribution in [0.25, 0.3) is 0 Å². The number of likely N-dealkylation sites (tertiary alicyclic amines) is 1. The molecular weight excluding hydrogens is 276 g/mol. The summed E-state index contributed by atoms with van der Waals surface area (Å²) < 4.78 is 16.3. The van der Waals surface area contributed by atoms with Crippen LogP contribution in [0.5, 0.6) is 0 Å². The molecule has 2 fully saturated rings. The van der Waals surface area contributed by atoms with E-state index in [1.54, 1.807) is 32.6 Å². The summed E-state index contributed by atoms with van der Waals surface area (Å²) in [6.45, 7) is 9.08. The topological polar surface area (TPSA) is 77.1 Å². The van der Waals surface area contributed by atoms with Crippen molar-refractivity contribution in [3.8, 4) is 0 Å². The molecule has 0 bridgehead atoms. The Balaban J connectivity index is 1.84. The summed E-state index contributed by atoms with van der Waals surface area (Å²) in [6.07, 6.45) is 0.0726. The van der Waals surface area contributed by atoms with Gasteiger partial charge in [0, 0.05) is 13.0 Å². The van der Waals surface area contributed by atoms with Gasteiger partial charge in [-0.1, -0.05) is 0 Å². The van der Waals surface area contributed by atoms with E-state index in [1.807, 2.05) is 0 Å². The van der Waals surface area contributed by atoms with Crippen molar-refractivity contribution in [3.63, 3.8) is 0 Å². The molecule has 7 heteroatoms. The lowest BCUT2D eigenvalue weighted by Crippen LogP contribution is -2.48. The Morgan fingerprint density at radius 1 is 1.29 bits per heavy atom. The van der Waals surface area contributed by atoms with Gasteiger partial charge in [-0.15, -0.1) is 0 Å². The van der Waals surface area contributed by atoms with Gasteiger partial charge in [-0.25, -0.2) is 4.79 Å². The molecule has 0 saturated carbocycles. The number of carbonyl (C=O) groups excluding carboxylic acids is 2. The van der Waals surface area contributed by atoms with Gasteiger partial charge < -0.3 is 24.4 Å². The smallest absolute Gasteiger partial charge is 0.408 e. The molecule has 2 heterocycles. The van der Waals surface area contributed by atoms with Gasteiger partial charge in [-0.3, -0.25) is 4.79 Å². The normalized spacial score (nSPS) is 22.4. The van der Waals surface area contributed by atoms with Gasteiger partial charge in [0.2, 0.25) is 5.91 Å². The molecule has 7 nitrogen and oxygen atoms in total. The van der Waals surface area contributed by atoms with Crippen LogP contribution in [0.4, 0.5) is 4.79 Å². The molecule has 0 aromatic heterocycles. The van der Waals surface area contributed by atoms with Crippen molar-refractivity contribution < 1.29 is 23.8 Å². The molecule has 0 aliphatic carbocycles. The number of rotatable bonds is 2. The predicted octanol–water partition coefficient (Wildman–Crippen LogP) is 0.875. The van der Waals surface area contributed by atoms with Crippen LogP contribution in [-0.4, -0.2) is 60.6 Å². The molecular formula is C14H24N2O5. The van der Waals surface area contributed by atoms with Crippen molar-refractivity contribution in [2.45, 2.75) is 51.5 Å². The van der Waals surface area contributed by atoms with E-state index >= 15 is 0 Å². The van der Waals surface area contributed by atoms with Crippen LogP contribution in [0, 0.1) is 0 Å². The summed E-state index contributed by atoms with van der Waals surface area (Å²) in [5, 5.41) is 2.56. The highest BCUT2D eigenvalue weighted by Crippen LogP contribution is 2.30. The molecule has 0 radical (unpaired) electrons. The number of hydrogen-bond acceptors (Lipinski definition) is 5. The second kappa shape index (κ2) is 5.81. The van der Waals surface area contributed by atoms with Crippen LogP contribution in [0.15, 0.2) is 0 Å². The fourth-order valence-corrected chi connectivity index (χ4v) is 2.49. The number of ether oxygens (including phenoxy) is 3. The van der Waals surface area contributed by atoms with Gasteiger partial charge in [0.15, 0.2) is 5.79 Å². The van der Waals surface area contributed by atoms with E-state index in [0.29, 0.717) is 32.7 Å². The zero-order valence-corrected chi connectivity index (χ0v) is 13.1. The van der Waals surface area contributed by atoms with Crippen molar-refractivity contribution in [2.75, 3.05) is 26.3 Å². The summed E-state index contributed by atoms with van der Waals surface area (Å²) in [6, 6.07) is -0.642. The lowest BCUT2D eigenvalue weighted by Gasteiger charge is -2.25. The number of nitrogens with one attached hydrogen (secondary N) is 1. The summed E-state index contributed by atoms with van der Waals surface area (Å²) in [7, 11) is 0. The lowest BCUT2D eigenvalue weighted by molar-refractivity contribution is -0.153. The minimum Gasteiger partial charge on any atom is -0.444 e.